The van der Waals surface area contributed by atoms with Crippen LogP contribution in [0.3, 0.4) is 0 Å². The lowest BCUT2D eigenvalue weighted by molar-refractivity contribution is 0.0985. The fourth-order valence-corrected chi connectivity index (χ4v) is 4.08. The van der Waals surface area contributed by atoms with Gasteiger partial charge in [0.15, 0.2) is 5.13 Å². The molecule has 0 atom stereocenters. The van der Waals surface area contributed by atoms with Crippen molar-refractivity contribution in [3.05, 3.63) is 83.4 Å². The molecule has 2 heterocycles. The number of amides is 1. The van der Waals surface area contributed by atoms with E-state index in [2.05, 4.69) is 4.98 Å². The number of benzene rings is 2. The number of aryl methyl sites for hydroxylation is 1. The van der Waals surface area contributed by atoms with Crippen LogP contribution in [0.4, 0.5) is 9.52 Å². The van der Waals surface area contributed by atoms with Crippen molar-refractivity contribution in [3.8, 4) is 5.75 Å². The Balaban J connectivity index is 1.81. The zero-order chi connectivity index (χ0) is 20.4. The molecule has 0 aliphatic heterocycles. The van der Waals surface area contributed by atoms with Gasteiger partial charge in [0, 0.05) is 18.0 Å². The SMILES string of the molecule is COc1ccc(C)c2sc(N(Cc3cccnc3)C(=O)c3ccc(F)cc3)nc12. The first kappa shape index (κ1) is 19.0. The number of fused-ring (bicyclic) bond motifs is 1. The summed E-state index contributed by atoms with van der Waals surface area (Å²) in [5, 5.41) is 0.547. The minimum atomic E-state index is -0.388. The molecular formula is C22H18FN3O2S. The average Bonchev–Trinajstić information content (AvgIpc) is 3.19. The van der Waals surface area contributed by atoms with Gasteiger partial charge in [0.25, 0.3) is 5.91 Å². The predicted octanol–water partition coefficient (Wildman–Crippen LogP) is 4.99. The van der Waals surface area contributed by atoms with Gasteiger partial charge in [-0.05, 0) is 54.4 Å². The number of nitrogens with zero attached hydrogens (tertiary/aromatic N) is 3. The third kappa shape index (κ3) is 3.82. The molecule has 0 saturated carbocycles. The Morgan fingerprint density at radius 1 is 1.17 bits per heavy atom. The lowest BCUT2D eigenvalue weighted by Crippen LogP contribution is -2.30. The van der Waals surface area contributed by atoms with Gasteiger partial charge in [0.2, 0.25) is 0 Å². The van der Waals surface area contributed by atoms with Crippen molar-refractivity contribution < 1.29 is 13.9 Å². The number of carbonyl (C=O) groups excluding carboxylic acids is 1. The van der Waals surface area contributed by atoms with E-state index in [1.165, 1.54) is 35.6 Å². The van der Waals surface area contributed by atoms with E-state index >= 15 is 0 Å². The van der Waals surface area contributed by atoms with E-state index in [1.807, 2.05) is 31.2 Å². The monoisotopic (exact) mass is 407 g/mol. The van der Waals surface area contributed by atoms with E-state index in [9.17, 15) is 9.18 Å². The molecule has 1 amide bonds. The van der Waals surface area contributed by atoms with E-state index < -0.39 is 0 Å². The summed E-state index contributed by atoms with van der Waals surface area (Å²) < 4.78 is 19.7. The van der Waals surface area contributed by atoms with Crippen LogP contribution in [-0.4, -0.2) is 23.0 Å². The molecule has 0 bridgehead atoms. The molecular weight excluding hydrogens is 389 g/mol. The van der Waals surface area contributed by atoms with E-state index in [4.69, 9.17) is 9.72 Å². The first-order valence-electron chi connectivity index (χ1n) is 8.97. The Hall–Kier alpha value is -3.32. The van der Waals surface area contributed by atoms with Gasteiger partial charge < -0.3 is 4.74 Å². The highest BCUT2D eigenvalue weighted by Gasteiger charge is 2.23. The summed E-state index contributed by atoms with van der Waals surface area (Å²) in [5.41, 5.74) is 3.03. The first-order chi connectivity index (χ1) is 14.1. The summed E-state index contributed by atoms with van der Waals surface area (Å²) in [6.45, 7) is 2.29. The van der Waals surface area contributed by atoms with Gasteiger partial charge in [0.05, 0.1) is 18.4 Å². The first-order valence-corrected chi connectivity index (χ1v) is 9.79. The summed E-state index contributed by atoms with van der Waals surface area (Å²) >= 11 is 1.43. The highest BCUT2D eigenvalue weighted by Crippen LogP contribution is 2.37. The van der Waals surface area contributed by atoms with Gasteiger partial charge in [-0.25, -0.2) is 9.37 Å². The second kappa shape index (κ2) is 7.97. The Kier molecular flexibility index (Phi) is 5.22. The normalized spacial score (nSPS) is 10.9. The molecule has 146 valence electrons. The third-order valence-corrected chi connectivity index (χ3v) is 5.76. The third-order valence-electron chi connectivity index (χ3n) is 4.54. The molecule has 0 saturated heterocycles. The van der Waals surface area contributed by atoms with Crippen LogP contribution in [0.15, 0.2) is 60.9 Å². The van der Waals surface area contributed by atoms with Crippen LogP contribution in [0.1, 0.15) is 21.5 Å². The topological polar surface area (TPSA) is 55.3 Å². The number of carbonyl (C=O) groups is 1. The molecule has 0 aliphatic rings. The summed E-state index contributed by atoms with van der Waals surface area (Å²) in [7, 11) is 1.60. The Labute approximate surface area is 171 Å². The maximum Gasteiger partial charge on any atom is 0.260 e. The van der Waals surface area contributed by atoms with Gasteiger partial charge in [-0.15, -0.1) is 0 Å². The molecule has 29 heavy (non-hydrogen) atoms. The van der Waals surface area contributed by atoms with Crippen molar-refractivity contribution in [3.63, 3.8) is 0 Å². The second-order valence-corrected chi connectivity index (χ2v) is 7.50. The smallest absolute Gasteiger partial charge is 0.260 e. The number of methoxy groups -OCH3 is 1. The molecule has 4 rings (SSSR count). The van der Waals surface area contributed by atoms with Crippen molar-refractivity contribution >= 4 is 32.6 Å². The van der Waals surface area contributed by atoms with Crippen molar-refractivity contribution in [2.75, 3.05) is 12.0 Å². The van der Waals surface area contributed by atoms with Crippen molar-refractivity contribution in [1.82, 2.24) is 9.97 Å². The molecule has 0 unspecified atom stereocenters. The Bertz CT molecular complexity index is 1160. The van der Waals surface area contributed by atoms with E-state index in [0.29, 0.717) is 23.0 Å². The second-order valence-electron chi connectivity index (χ2n) is 6.52. The number of rotatable bonds is 5. The van der Waals surface area contributed by atoms with Crippen LogP contribution >= 0.6 is 11.3 Å². The van der Waals surface area contributed by atoms with Gasteiger partial charge in [-0.3, -0.25) is 14.7 Å². The fourth-order valence-electron chi connectivity index (χ4n) is 3.03. The van der Waals surface area contributed by atoms with Crippen LogP contribution in [0.2, 0.25) is 0 Å². The lowest BCUT2D eigenvalue weighted by atomic mass is 10.2. The largest absolute Gasteiger partial charge is 0.494 e. The van der Waals surface area contributed by atoms with Crippen LogP contribution in [0, 0.1) is 12.7 Å². The molecule has 0 spiro atoms. The molecule has 2 aromatic carbocycles. The zero-order valence-corrected chi connectivity index (χ0v) is 16.7. The number of hydrogen-bond acceptors (Lipinski definition) is 5. The van der Waals surface area contributed by atoms with Gasteiger partial charge in [-0.1, -0.05) is 23.5 Å². The van der Waals surface area contributed by atoms with Gasteiger partial charge in [0.1, 0.15) is 17.1 Å². The Morgan fingerprint density at radius 3 is 2.66 bits per heavy atom. The number of ether oxygens (including phenoxy) is 1. The van der Waals surface area contributed by atoms with E-state index in [0.717, 1.165) is 21.3 Å². The summed E-state index contributed by atoms with van der Waals surface area (Å²) in [6, 6.07) is 13.1. The van der Waals surface area contributed by atoms with Crippen molar-refractivity contribution in [2.45, 2.75) is 13.5 Å². The van der Waals surface area contributed by atoms with Crippen LogP contribution in [-0.2, 0) is 6.54 Å². The Morgan fingerprint density at radius 2 is 1.97 bits per heavy atom. The molecule has 0 radical (unpaired) electrons. The molecule has 2 aromatic heterocycles. The van der Waals surface area contributed by atoms with Crippen LogP contribution < -0.4 is 9.64 Å². The molecule has 7 heteroatoms. The summed E-state index contributed by atoms with van der Waals surface area (Å²) in [5.74, 6) is 0.00824. The number of halogens is 1. The van der Waals surface area contributed by atoms with E-state index in [1.54, 1.807) is 24.4 Å². The fraction of sp³-hybridized carbons (Fsp3) is 0.136. The van der Waals surface area contributed by atoms with Crippen LogP contribution in [0.5, 0.6) is 5.75 Å². The number of hydrogen-bond donors (Lipinski definition) is 0. The highest BCUT2D eigenvalue weighted by atomic mass is 32.1. The average molecular weight is 407 g/mol. The lowest BCUT2D eigenvalue weighted by Gasteiger charge is -2.20. The maximum atomic E-state index is 13.3. The van der Waals surface area contributed by atoms with Crippen LogP contribution in [0.25, 0.3) is 10.2 Å². The molecule has 0 aliphatic carbocycles. The minimum absolute atomic E-state index is 0.260. The summed E-state index contributed by atoms with van der Waals surface area (Å²) in [6.07, 6.45) is 3.39. The zero-order valence-electron chi connectivity index (χ0n) is 15.9. The number of anilines is 1. The highest BCUT2D eigenvalue weighted by molar-refractivity contribution is 7.22. The van der Waals surface area contributed by atoms with E-state index in [-0.39, 0.29) is 11.7 Å². The number of thiazole rings is 1. The number of aromatic nitrogens is 2. The standard InChI is InChI=1S/C22H18FN3O2S/c1-14-5-10-18(28-2)19-20(14)29-22(25-19)26(13-15-4-3-11-24-12-15)21(27)16-6-8-17(23)9-7-16/h3-12H,13H2,1-2H3. The number of pyridine rings is 1. The van der Waals surface area contributed by atoms with Crippen molar-refractivity contribution in [2.24, 2.45) is 0 Å². The maximum absolute atomic E-state index is 13.3. The van der Waals surface area contributed by atoms with Crippen molar-refractivity contribution in [1.29, 1.82) is 0 Å². The molecule has 0 N–H and O–H groups in total. The molecule has 5 nitrogen and oxygen atoms in total. The molecule has 4 aromatic rings. The molecule has 0 fully saturated rings. The quantitative estimate of drug-likeness (QED) is 0.467. The predicted molar refractivity (Wildman–Crippen MR) is 112 cm³/mol. The minimum Gasteiger partial charge on any atom is -0.494 e. The summed E-state index contributed by atoms with van der Waals surface area (Å²) in [4.78, 5) is 23.7. The van der Waals surface area contributed by atoms with Gasteiger partial charge in [-0.2, -0.15) is 0 Å². The van der Waals surface area contributed by atoms with Gasteiger partial charge >= 0.3 is 0 Å².